The first-order valence-electron chi connectivity index (χ1n) is 9.64. The molecule has 0 saturated heterocycles. The fraction of sp³-hybridized carbons (Fsp3) is 0.333. The van der Waals surface area contributed by atoms with Crippen LogP contribution in [-0.2, 0) is 10.0 Å². The second kappa shape index (κ2) is 9.11. The van der Waals surface area contributed by atoms with Gasteiger partial charge < -0.3 is 10.1 Å². The molecule has 0 unspecified atom stereocenters. The first-order chi connectivity index (χ1) is 14.3. The minimum Gasteiger partial charge on any atom is -0.495 e. The van der Waals surface area contributed by atoms with Gasteiger partial charge in [-0.15, -0.1) is 11.3 Å². The Kier molecular flexibility index (Phi) is 6.74. The van der Waals surface area contributed by atoms with Crippen LogP contribution in [0.1, 0.15) is 42.7 Å². The molecule has 1 amide bonds. The zero-order valence-corrected chi connectivity index (χ0v) is 19.0. The summed E-state index contributed by atoms with van der Waals surface area (Å²) >= 11 is 1.54. The van der Waals surface area contributed by atoms with Crippen LogP contribution in [0, 0.1) is 0 Å². The highest BCUT2D eigenvalue weighted by Crippen LogP contribution is 2.28. The van der Waals surface area contributed by atoms with Crippen LogP contribution in [0.3, 0.4) is 0 Å². The predicted octanol–water partition coefficient (Wildman–Crippen LogP) is 3.83. The summed E-state index contributed by atoms with van der Waals surface area (Å²) in [5, 5.41) is 2.94. The fourth-order valence-electron chi connectivity index (χ4n) is 3.23. The number of hydrogen-bond acceptors (Lipinski definition) is 6. The lowest BCUT2D eigenvalue weighted by atomic mass is 10.1. The lowest BCUT2D eigenvalue weighted by Gasteiger charge is -2.21. The van der Waals surface area contributed by atoms with Crippen molar-refractivity contribution in [3.8, 4) is 5.75 Å². The van der Waals surface area contributed by atoms with Gasteiger partial charge in [-0.1, -0.05) is 19.9 Å². The summed E-state index contributed by atoms with van der Waals surface area (Å²) in [6, 6.07) is 10.1. The van der Waals surface area contributed by atoms with Crippen molar-refractivity contribution in [2.45, 2.75) is 31.7 Å². The van der Waals surface area contributed by atoms with Crippen LogP contribution in [0.5, 0.6) is 5.75 Å². The Morgan fingerprint density at radius 2 is 1.93 bits per heavy atom. The number of fused-ring (bicyclic) bond motifs is 1. The number of aromatic nitrogens is 1. The van der Waals surface area contributed by atoms with Crippen LogP contribution in [0.15, 0.2) is 46.8 Å². The van der Waals surface area contributed by atoms with E-state index in [0.29, 0.717) is 13.1 Å². The zero-order chi connectivity index (χ0) is 21.9. The summed E-state index contributed by atoms with van der Waals surface area (Å²) in [4.78, 5) is 17.1. The monoisotopic (exact) mass is 447 g/mol. The van der Waals surface area contributed by atoms with Crippen LogP contribution in [0.2, 0.25) is 0 Å². The summed E-state index contributed by atoms with van der Waals surface area (Å²) < 4.78 is 33.6. The molecule has 0 fully saturated rings. The molecular weight excluding hydrogens is 422 g/mol. The lowest BCUT2D eigenvalue weighted by molar-refractivity contribution is 0.0939. The molecule has 160 valence electrons. The second-order valence-electron chi connectivity index (χ2n) is 6.73. The smallest absolute Gasteiger partial charge is 0.251 e. The van der Waals surface area contributed by atoms with Gasteiger partial charge in [0.2, 0.25) is 10.0 Å². The summed E-state index contributed by atoms with van der Waals surface area (Å²) in [7, 11) is -2.37. The molecule has 0 aliphatic carbocycles. The number of carbonyl (C=O) groups excluding carboxylic acids is 1. The van der Waals surface area contributed by atoms with E-state index in [1.165, 1.54) is 23.5 Å². The minimum atomic E-state index is -3.78. The van der Waals surface area contributed by atoms with Gasteiger partial charge in [0.25, 0.3) is 5.91 Å². The Labute approximate surface area is 180 Å². The highest BCUT2D eigenvalue weighted by molar-refractivity contribution is 7.89. The molecule has 0 bridgehead atoms. The molecule has 0 aliphatic heterocycles. The van der Waals surface area contributed by atoms with Gasteiger partial charge in [-0.2, -0.15) is 4.31 Å². The van der Waals surface area contributed by atoms with Crippen molar-refractivity contribution in [2.24, 2.45) is 0 Å². The third kappa shape index (κ3) is 4.33. The largest absolute Gasteiger partial charge is 0.495 e. The van der Waals surface area contributed by atoms with Crippen molar-refractivity contribution in [2.75, 3.05) is 20.2 Å². The van der Waals surface area contributed by atoms with E-state index in [4.69, 9.17) is 4.74 Å². The second-order valence-corrected chi connectivity index (χ2v) is 9.52. The SMILES string of the molecule is CCN(CC)S(=O)(=O)c1cc(C(=O)N[C@H](C)c2ccc3ncsc3c2)ccc1OC. The number of thiazole rings is 1. The Balaban J connectivity index is 1.88. The lowest BCUT2D eigenvalue weighted by Crippen LogP contribution is -2.31. The van der Waals surface area contributed by atoms with E-state index in [0.717, 1.165) is 15.8 Å². The summed E-state index contributed by atoms with van der Waals surface area (Å²) in [5.74, 6) is -0.146. The minimum absolute atomic E-state index is 0.0138. The molecule has 1 atom stereocenters. The number of benzene rings is 2. The first kappa shape index (κ1) is 22.2. The van der Waals surface area contributed by atoms with E-state index in [1.54, 1.807) is 36.8 Å². The number of sulfonamides is 1. The highest BCUT2D eigenvalue weighted by atomic mass is 32.2. The van der Waals surface area contributed by atoms with Crippen LogP contribution in [0.4, 0.5) is 0 Å². The molecular formula is C21H25N3O4S2. The average molecular weight is 448 g/mol. The Bertz CT molecular complexity index is 1150. The van der Waals surface area contributed by atoms with Crippen molar-refractivity contribution >= 4 is 37.5 Å². The Hall–Kier alpha value is -2.49. The number of hydrogen-bond donors (Lipinski definition) is 1. The summed E-state index contributed by atoms with van der Waals surface area (Å²) in [6.45, 7) is 6.08. The van der Waals surface area contributed by atoms with Crippen molar-refractivity contribution < 1.29 is 17.9 Å². The van der Waals surface area contributed by atoms with Crippen LogP contribution < -0.4 is 10.1 Å². The van der Waals surface area contributed by atoms with E-state index in [-0.39, 0.29) is 28.2 Å². The van der Waals surface area contributed by atoms with E-state index in [1.807, 2.05) is 25.1 Å². The van der Waals surface area contributed by atoms with Gasteiger partial charge in [0.1, 0.15) is 10.6 Å². The first-order valence-corrected chi connectivity index (χ1v) is 12.0. The average Bonchev–Trinajstić information content (AvgIpc) is 3.21. The standard InChI is InChI=1S/C21H25N3O4S2/c1-5-24(6-2)30(26,27)20-12-16(8-10-18(20)28-4)21(25)23-14(3)15-7-9-17-19(11-15)29-13-22-17/h7-14H,5-6H2,1-4H3,(H,23,25)/t14-/m1/s1. The highest BCUT2D eigenvalue weighted by Gasteiger charge is 2.27. The molecule has 0 aliphatic rings. The van der Waals surface area contributed by atoms with E-state index in [9.17, 15) is 13.2 Å². The van der Waals surface area contributed by atoms with Gasteiger partial charge in [-0.3, -0.25) is 4.79 Å². The zero-order valence-electron chi connectivity index (χ0n) is 17.4. The van der Waals surface area contributed by atoms with Crippen molar-refractivity contribution in [3.05, 3.63) is 53.0 Å². The summed E-state index contributed by atoms with van der Waals surface area (Å²) in [6.07, 6.45) is 0. The third-order valence-corrected chi connectivity index (χ3v) is 7.81. The van der Waals surface area contributed by atoms with Crippen LogP contribution in [-0.4, -0.2) is 43.8 Å². The van der Waals surface area contributed by atoms with Crippen molar-refractivity contribution in [1.82, 2.24) is 14.6 Å². The third-order valence-electron chi connectivity index (χ3n) is 4.95. The number of methoxy groups -OCH3 is 1. The molecule has 1 aromatic heterocycles. The number of nitrogens with one attached hydrogen (secondary N) is 1. The van der Waals surface area contributed by atoms with E-state index in [2.05, 4.69) is 10.3 Å². The predicted molar refractivity (Wildman–Crippen MR) is 119 cm³/mol. The van der Waals surface area contributed by atoms with Crippen LogP contribution in [0.25, 0.3) is 10.2 Å². The maximum atomic E-state index is 13.0. The van der Waals surface area contributed by atoms with Crippen LogP contribution >= 0.6 is 11.3 Å². The maximum absolute atomic E-state index is 13.0. The molecule has 9 heteroatoms. The molecule has 1 heterocycles. The normalized spacial score (nSPS) is 12.8. The van der Waals surface area contributed by atoms with Crippen molar-refractivity contribution in [3.63, 3.8) is 0 Å². The fourth-order valence-corrected chi connectivity index (χ4v) is 5.59. The molecule has 0 radical (unpaired) electrons. The maximum Gasteiger partial charge on any atom is 0.251 e. The number of ether oxygens (including phenoxy) is 1. The molecule has 2 aromatic carbocycles. The molecule has 7 nitrogen and oxygen atoms in total. The molecule has 0 saturated carbocycles. The van der Waals surface area contributed by atoms with E-state index >= 15 is 0 Å². The number of nitrogens with zero attached hydrogens (tertiary/aromatic N) is 2. The molecule has 3 aromatic rings. The van der Waals surface area contributed by atoms with Gasteiger partial charge in [-0.25, -0.2) is 13.4 Å². The van der Waals surface area contributed by atoms with Gasteiger partial charge in [0.05, 0.1) is 28.9 Å². The van der Waals surface area contributed by atoms with Gasteiger partial charge in [-0.05, 0) is 42.8 Å². The molecule has 1 N–H and O–H groups in total. The Morgan fingerprint density at radius 1 is 1.20 bits per heavy atom. The molecule has 3 rings (SSSR count). The quantitative estimate of drug-likeness (QED) is 0.567. The Morgan fingerprint density at radius 3 is 2.60 bits per heavy atom. The summed E-state index contributed by atoms with van der Waals surface area (Å²) in [5.41, 5.74) is 3.91. The van der Waals surface area contributed by atoms with Crippen molar-refractivity contribution in [1.29, 1.82) is 0 Å². The number of carbonyl (C=O) groups is 1. The molecule has 0 spiro atoms. The van der Waals surface area contributed by atoms with Gasteiger partial charge in [0, 0.05) is 18.7 Å². The number of amides is 1. The molecule has 30 heavy (non-hydrogen) atoms. The van der Waals surface area contributed by atoms with Gasteiger partial charge in [0.15, 0.2) is 0 Å². The van der Waals surface area contributed by atoms with Gasteiger partial charge >= 0.3 is 0 Å². The van der Waals surface area contributed by atoms with E-state index < -0.39 is 10.0 Å². The number of rotatable bonds is 8. The topological polar surface area (TPSA) is 88.6 Å².